The average molecular weight is 1250 g/mol. The molecule has 17 nitrogen and oxygen atoms in total. The summed E-state index contributed by atoms with van der Waals surface area (Å²) in [5.41, 5.74) is 0. The molecule has 0 spiro atoms. The lowest BCUT2D eigenvalue weighted by Crippen LogP contribution is -2.30. The normalized spacial score (nSPS) is 14.3. The van der Waals surface area contributed by atoms with Crippen molar-refractivity contribution >= 4 is 39.5 Å². The molecular weight excluding hydrogens is 1130 g/mol. The standard InChI is InChI=1S/C66H124O17P2/c1-5-9-13-17-21-25-29-30-31-32-33-37-41-45-49-53-66(71)83-62(57-77-64(69)51-47-43-39-35-27-23-19-15-11-7-3)59-81-85(74,75)79-55-60(67)54-78-84(72,73)80-58-61(82-65(70)52-48-44-40-36-28-24-20-16-12-8-4)56-76-63(68)50-46-42-38-34-26-22-18-14-10-6-2/h25,29-31,60-62,67H,5-24,26-28,32-59H2,1-4H3,(H,72,73)(H,74,75)/b29-25-,31-30-/t60-,61+,62+/m0/s1. The molecule has 0 amide bonds. The highest BCUT2D eigenvalue weighted by molar-refractivity contribution is 7.47. The summed E-state index contributed by atoms with van der Waals surface area (Å²) < 4.78 is 68.0. The van der Waals surface area contributed by atoms with E-state index in [1.54, 1.807) is 0 Å². The predicted octanol–water partition coefficient (Wildman–Crippen LogP) is 18.3. The Balaban J connectivity index is 5.26. The predicted molar refractivity (Wildman–Crippen MR) is 340 cm³/mol. The van der Waals surface area contributed by atoms with Gasteiger partial charge in [0.15, 0.2) is 12.2 Å². The molecule has 500 valence electrons. The van der Waals surface area contributed by atoms with Gasteiger partial charge in [-0.2, -0.15) is 0 Å². The van der Waals surface area contributed by atoms with Gasteiger partial charge in [-0.3, -0.25) is 37.3 Å². The Hall–Kier alpha value is -2.46. The summed E-state index contributed by atoms with van der Waals surface area (Å²) in [6.07, 6.45) is 49.3. The minimum absolute atomic E-state index is 0.0854. The Labute approximate surface area is 516 Å². The molecule has 3 N–H and O–H groups in total. The molecule has 0 radical (unpaired) electrons. The number of aliphatic hydroxyl groups is 1. The van der Waals surface area contributed by atoms with Crippen LogP contribution < -0.4 is 0 Å². The second-order valence-corrected chi connectivity index (χ2v) is 26.1. The quantitative estimate of drug-likeness (QED) is 0.0169. The highest BCUT2D eigenvalue weighted by atomic mass is 31.2. The molecule has 0 aromatic carbocycles. The van der Waals surface area contributed by atoms with E-state index < -0.39 is 97.5 Å². The molecule has 0 aromatic heterocycles. The van der Waals surface area contributed by atoms with Gasteiger partial charge in [-0.05, 0) is 51.4 Å². The summed E-state index contributed by atoms with van der Waals surface area (Å²) in [5.74, 6) is -2.16. The molecule has 0 aromatic rings. The van der Waals surface area contributed by atoms with Crippen LogP contribution in [0.25, 0.3) is 0 Å². The molecule has 2 unspecified atom stereocenters. The van der Waals surface area contributed by atoms with Crippen molar-refractivity contribution < 1.29 is 80.2 Å². The third kappa shape index (κ3) is 60.2. The zero-order valence-electron chi connectivity index (χ0n) is 54.1. The van der Waals surface area contributed by atoms with E-state index in [0.29, 0.717) is 25.7 Å². The molecule has 0 rings (SSSR count). The second kappa shape index (κ2) is 60.5. The van der Waals surface area contributed by atoms with Gasteiger partial charge in [-0.25, -0.2) is 9.13 Å². The van der Waals surface area contributed by atoms with Crippen molar-refractivity contribution in [3.63, 3.8) is 0 Å². The lowest BCUT2D eigenvalue weighted by atomic mass is 10.1. The molecule has 0 fully saturated rings. The van der Waals surface area contributed by atoms with Crippen LogP contribution in [-0.4, -0.2) is 96.7 Å². The van der Waals surface area contributed by atoms with Crippen LogP contribution in [0.15, 0.2) is 24.3 Å². The number of hydrogen-bond acceptors (Lipinski definition) is 15. The Kier molecular flexibility index (Phi) is 58.7. The zero-order chi connectivity index (χ0) is 62.6. The van der Waals surface area contributed by atoms with Crippen LogP contribution >= 0.6 is 15.6 Å². The maximum Gasteiger partial charge on any atom is 0.472 e. The van der Waals surface area contributed by atoms with Crippen LogP contribution in [0.5, 0.6) is 0 Å². The molecule has 0 saturated carbocycles. The van der Waals surface area contributed by atoms with Gasteiger partial charge >= 0.3 is 39.5 Å². The van der Waals surface area contributed by atoms with Gasteiger partial charge in [0.1, 0.15) is 19.3 Å². The van der Waals surface area contributed by atoms with E-state index in [0.717, 1.165) is 103 Å². The van der Waals surface area contributed by atoms with E-state index in [1.165, 1.54) is 135 Å². The zero-order valence-corrected chi connectivity index (χ0v) is 55.8. The molecular formula is C66H124O17P2. The molecule has 0 aliphatic carbocycles. The number of esters is 4. The van der Waals surface area contributed by atoms with Gasteiger partial charge in [0.05, 0.1) is 26.4 Å². The van der Waals surface area contributed by atoms with Crippen LogP contribution in [0.3, 0.4) is 0 Å². The first-order chi connectivity index (χ1) is 41.2. The Morgan fingerprint density at radius 1 is 0.329 bits per heavy atom. The fraction of sp³-hybridized carbons (Fsp3) is 0.879. The first-order valence-electron chi connectivity index (χ1n) is 34.1. The number of allylic oxidation sites excluding steroid dienone is 4. The summed E-state index contributed by atoms with van der Waals surface area (Å²) in [7, 11) is -9.90. The van der Waals surface area contributed by atoms with Crippen molar-refractivity contribution in [1.29, 1.82) is 0 Å². The van der Waals surface area contributed by atoms with Crippen LogP contribution in [0.1, 0.15) is 317 Å². The van der Waals surface area contributed by atoms with Crippen LogP contribution in [-0.2, 0) is 65.4 Å². The van der Waals surface area contributed by atoms with Crippen molar-refractivity contribution in [2.24, 2.45) is 0 Å². The molecule has 85 heavy (non-hydrogen) atoms. The van der Waals surface area contributed by atoms with Gasteiger partial charge in [0, 0.05) is 25.7 Å². The molecule has 0 aliphatic rings. The number of rotatable bonds is 65. The van der Waals surface area contributed by atoms with Gasteiger partial charge in [0.25, 0.3) is 0 Å². The molecule has 0 saturated heterocycles. The fourth-order valence-electron chi connectivity index (χ4n) is 9.45. The van der Waals surface area contributed by atoms with Crippen molar-refractivity contribution in [1.82, 2.24) is 0 Å². The summed E-state index contributed by atoms with van der Waals surface area (Å²) in [6, 6.07) is 0. The van der Waals surface area contributed by atoms with Crippen molar-refractivity contribution in [3.05, 3.63) is 24.3 Å². The topological polar surface area (TPSA) is 237 Å². The van der Waals surface area contributed by atoms with E-state index in [9.17, 15) is 43.2 Å². The second-order valence-electron chi connectivity index (χ2n) is 23.2. The molecule has 0 heterocycles. The SMILES string of the molecule is CCCCCC/C=C\C=C/CCCCCCCC(=O)O[C@H](COC(=O)CCCCCCCCCCCC)COP(=O)(O)OC[C@@H](O)COP(=O)(O)OC[C@@H](COC(=O)CCCCCCCCCCCC)OC(=O)CCCCCCCCCCCC. The number of phosphoric acid groups is 2. The van der Waals surface area contributed by atoms with E-state index in [-0.39, 0.29) is 25.7 Å². The first-order valence-corrected chi connectivity index (χ1v) is 37.1. The smallest absolute Gasteiger partial charge is 0.462 e. The third-order valence-corrected chi connectivity index (χ3v) is 16.6. The van der Waals surface area contributed by atoms with E-state index in [2.05, 4.69) is 52.0 Å². The lowest BCUT2D eigenvalue weighted by molar-refractivity contribution is -0.161. The largest absolute Gasteiger partial charge is 0.472 e. The van der Waals surface area contributed by atoms with Gasteiger partial charge in [0.2, 0.25) is 0 Å². The van der Waals surface area contributed by atoms with Crippen molar-refractivity contribution in [2.45, 2.75) is 335 Å². The van der Waals surface area contributed by atoms with E-state index in [1.807, 2.05) is 0 Å². The summed E-state index contributed by atoms with van der Waals surface area (Å²) >= 11 is 0. The molecule has 0 bridgehead atoms. The Morgan fingerprint density at radius 2 is 0.565 bits per heavy atom. The van der Waals surface area contributed by atoms with Gasteiger partial charge in [-0.1, -0.05) is 264 Å². The van der Waals surface area contributed by atoms with Gasteiger partial charge < -0.3 is 33.8 Å². The molecule has 0 aliphatic heterocycles. The minimum Gasteiger partial charge on any atom is -0.462 e. The maximum absolute atomic E-state index is 13.0. The number of carbonyl (C=O) groups is 4. The van der Waals surface area contributed by atoms with Crippen LogP contribution in [0, 0.1) is 0 Å². The molecule has 19 heteroatoms. The van der Waals surface area contributed by atoms with E-state index >= 15 is 0 Å². The summed E-state index contributed by atoms with van der Waals surface area (Å²) in [6.45, 7) is 4.82. The number of unbranched alkanes of at least 4 members (excludes halogenated alkanes) is 36. The molecule has 5 atom stereocenters. The number of aliphatic hydroxyl groups excluding tert-OH is 1. The van der Waals surface area contributed by atoms with Crippen molar-refractivity contribution in [3.8, 4) is 0 Å². The van der Waals surface area contributed by atoms with Crippen LogP contribution in [0.4, 0.5) is 0 Å². The van der Waals surface area contributed by atoms with Gasteiger partial charge in [-0.15, -0.1) is 0 Å². The average Bonchev–Trinajstić information content (AvgIpc) is 3.58. The highest BCUT2D eigenvalue weighted by Crippen LogP contribution is 2.45. The monoisotopic (exact) mass is 1250 g/mol. The number of hydrogen-bond donors (Lipinski definition) is 3. The van der Waals surface area contributed by atoms with E-state index in [4.69, 9.17) is 37.0 Å². The van der Waals surface area contributed by atoms with Crippen LogP contribution in [0.2, 0.25) is 0 Å². The summed E-state index contributed by atoms with van der Waals surface area (Å²) in [4.78, 5) is 72.2. The number of carbonyl (C=O) groups excluding carboxylic acids is 4. The third-order valence-electron chi connectivity index (χ3n) is 14.7. The first kappa shape index (κ1) is 82.5. The van der Waals surface area contributed by atoms with Crippen molar-refractivity contribution in [2.75, 3.05) is 39.6 Å². The number of ether oxygens (including phenoxy) is 4. The fourth-order valence-corrected chi connectivity index (χ4v) is 11.0. The Morgan fingerprint density at radius 3 is 0.859 bits per heavy atom. The minimum atomic E-state index is -4.95. The number of phosphoric ester groups is 2. The summed E-state index contributed by atoms with van der Waals surface area (Å²) in [5, 5.41) is 10.5. The lowest BCUT2D eigenvalue weighted by Gasteiger charge is -2.21. The highest BCUT2D eigenvalue weighted by Gasteiger charge is 2.30. The Bertz CT molecular complexity index is 1730. The maximum atomic E-state index is 13.0.